The predicted molar refractivity (Wildman–Crippen MR) is 106 cm³/mol. The van der Waals surface area contributed by atoms with Crippen LogP contribution in [0.5, 0.6) is 0 Å². The smallest absolute Gasteiger partial charge is 0.306 e. The van der Waals surface area contributed by atoms with Gasteiger partial charge in [-0.15, -0.1) is 11.3 Å². The van der Waals surface area contributed by atoms with E-state index in [-0.39, 0.29) is 24.4 Å². The van der Waals surface area contributed by atoms with Crippen molar-refractivity contribution < 1.29 is 23.5 Å². The molecule has 1 N–H and O–H groups in total. The number of carbonyl (C=O) groups is 3. The fourth-order valence-electron chi connectivity index (χ4n) is 2.54. The third-order valence-electron chi connectivity index (χ3n) is 3.89. The topological polar surface area (TPSA) is 90.3 Å². The van der Waals surface area contributed by atoms with E-state index in [1.54, 1.807) is 30.5 Å². The van der Waals surface area contributed by atoms with Crippen LogP contribution in [0.4, 0.5) is 10.2 Å². The van der Waals surface area contributed by atoms with Gasteiger partial charge in [0.25, 0.3) is 5.91 Å². The minimum absolute atomic E-state index is 0.0253. The lowest BCUT2D eigenvalue weighted by molar-refractivity contribution is -0.147. The standard InChI is InChI=1S/C20H18FN3O4S/c1-13-11-18(24(23-13)15-6-4-14(21)5-7-15)22-19(26)12-28-20(27)9-8-16(25)17-3-2-10-29-17/h2-7,10-11H,8-9,12H2,1H3,(H,22,26). The second-order valence-corrected chi connectivity index (χ2v) is 7.12. The Bertz CT molecular complexity index is 1010. The number of amides is 1. The fraction of sp³-hybridized carbons (Fsp3) is 0.200. The highest BCUT2D eigenvalue weighted by Crippen LogP contribution is 2.17. The van der Waals surface area contributed by atoms with E-state index in [4.69, 9.17) is 4.74 Å². The molecule has 3 aromatic rings. The van der Waals surface area contributed by atoms with Crippen LogP contribution in [0.2, 0.25) is 0 Å². The van der Waals surface area contributed by atoms with E-state index in [0.29, 0.717) is 22.1 Å². The average Bonchev–Trinajstić information content (AvgIpc) is 3.35. The number of ether oxygens (including phenoxy) is 1. The van der Waals surface area contributed by atoms with Crippen molar-refractivity contribution in [3.63, 3.8) is 0 Å². The summed E-state index contributed by atoms with van der Waals surface area (Å²) in [6.07, 6.45) is -0.0753. The minimum Gasteiger partial charge on any atom is -0.456 e. The second-order valence-electron chi connectivity index (χ2n) is 6.17. The summed E-state index contributed by atoms with van der Waals surface area (Å²) in [5.74, 6) is -1.34. The Labute approximate surface area is 170 Å². The molecule has 0 spiro atoms. The normalized spacial score (nSPS) is 10.6. The van der Waals surface area contributed by atoms with Gasteiger partial charge in [-0.05, 0) is 42.6 Å². The first-order chi connectivity index (χ1) is 13.9. The quantitative estimate of drug-likeness (QED) is 0.449. The molecule has 3 rings (SSSR count). The number of thiophene rings is 1. The third kappa shape index (κ3) is 5.58. The van der Waals surface area contributed by atoms with Crippen LogP contribution in [0.3, 0.4) is 0 Å². The molecule has 29 heavy (non-hydrogen) atoms. The van der Waals surface area contributed by atoms with Gasteiger partial charge in [-0.3, -0.25) is 14.4 Å². The van der Waals surface area contributed by atoms with Gasteiger partial charge in [-0.25, -0.2) is 9.07 Å². The summed E-state index contributed by atoms with van der Waals surface area (Å²) in [6.45, 7) is 1.26. The molecule has 0 fully saturated rings. The summed E-state index contributed by atoms with van der Waals surface area (Å²) in [5.41, 5.74) is 1.22. The molecule has 0 aliphatic carbocycles. The predicted octanol–water partition coefficient (Wildman–Crippen LogP) is 3.53. The van der Waals surface area contributed by atoms with Gasteiger partial charge in [0.1, 0.15) is 11.6 Å². The van der Waals surface area contributed by atoms with E-state index >= 15 is 0 Å². The van der Waals surface area contributed by atoms with Crippen LogP contribution >= 0.6 is 11.3 Å². The minimum atomic E-state index is -0.631. The Kier molecular flexibility index (Phi) is 6.50. The van der Waals surface area contributed by atoms with Crippen molar-refractivity contribution in [2.75, 3.05) is 11.9 Å². The van der Waals surface area contributed by atoms with Crippen LogP contribution in [0.25, 0.3) is 5.69 Å². The number of halogens is 1. The molecule has 2 heterocycles. The van der Waals surface area contributed by atoms with E-state index in [2.05, 4.69) is 10.4 Å². The maximum atomic E-state index is 13.1. The molecule has 0 bridgehead atoms. The first-order valence-corrected chi connectivity index (χ1v) is 9.65. The van der Waals surface area contributed by atoms with Crippen LogP contribution in [0, 0.1) is 12.7 Å². The first-order valence-electron chi connectivity index (χ1n) is 8.77. The molecule has 0 atom stereocenters. The maximum absolute atomic E-state index is 13.1. The van der Waals surface area contributed by atoms with Gasteiger partial charge in [-0.1, -0.05) is 6.07 Å². The van der Waals surface area contributed by atoms with Gasteiger partial charge in [0.2, 0.25) is 0 Å². The number of anilines is 1. The molecule has 0 aliphatic heterocycles. The number of esters is 1. The highest BCUT2D eigenvalue weighted by molar-refractivity contribution is 7.12. The largest absolute Gasteiger partial charge is 0.456 e. The number of hydrogen-bond donors (Lipinski definition) is 1. The lowest BCUT2D eigenvalue weighted by Crippen LogP contribution is -2.22. The summed E-state index contributed by atoms with van der Waals surface area (Å²) < 4.78 is 19.5. The SMILES string of the molecule is Cc1cc(NC(=O)COC(=O)CCC(=O)c2cccs2)n(-c2ccc(F)cc2)n1. The van der Waals surface area contributed by atoms with Crippen LogP contribution in [-0.4, -0.2) is 34.0 Å². The van der Waals surface area contributed by atoms with Gasteiger partial charge in [0.05, 0.1) is 22.7 Å². The van der Waals surface area contributed by atoms with Crippen molar-refractivity contribution >= 4 is 34.8 Å². The molecule has 0 unspecified atom stereocenters. The molecule has 150 valence electrons. The molecule has 1 amide bonds. The zero-order valence-corrected chi connectivity index (χ0v) is 16.4. The summed E-state index contributed by atoms with van der Waals surface area (Å²) >= 11 is 1.31. The van der Waals surface area contributed by atoms with Crippen LogP contribution < -0.4 is 5.32 Å². The summed E-state index contributed by atoms with van der Waals surface area (Å²) in [6, 6.07) is 10.7. The van der Waals surface area contributed by atoms with E-state index < -0.39 is 18.5 Å². The Morgan fingerprint density at radius 3 is 2.62 bits per heavy atom. The molecule has 0 radical (unpaired) electrons. The zero-order chi connectivity index (χ0) is 20.8. The van der Waals surface area contributed by atoms with Crippen molar-refractivity contribution in [2.45, 2.75) is 19.8 Å². The van der Waals surface area contributed by atoms with E-state index in [1.165, 1.54) is 40.3 Å². The lowest BCUT2D eigenvalue weighted by Gasteiger charge is -2.09. The number of ketones is 1. The number of benzene rings is 1. The molecular weight excluding hydrogens is 397 g/mol. The van der Waals surface area contributed by atoms with E-state index in [1.807, 2.05) is 0 Å². The van der Waals surface area contributed by atoms with Crippen LogP contribution in [-0.2, 0) is 14.3 Å². The monoisotopic (exact) mass is 415 g/mol. The highest BCUT2D eigenvalue weighted by Gasteiger charge is 2.15. The number of nitrogens with one attached hydrogen (secondary N) is 1. The molecular formula is C20H18FN3O4S. The molecule has 2 aromatic heterocycles. The molecule has 1 aromatic carbocycles. The van der Waals surface area contributed by atoms with Crippen molar-refractivity contribution in [1.82, 2.24) is 9.78 Å². The fourth-order valence-corrected chi connectivity index (χ4v) is 3.24. The Morgan fingerprint density at radius 2 is 1.93 bits per heavy atom. The lowest BCUT2D eigenvalue weighted by atomic mass is 10.2. The zero-order valence-electron chi connectivity index (χ0n) is 15.6. The highest BCUT2D eigenvalue weighted by atomic mass is 32.1. The van der Waals surface area contributed by atoms with Gasteiger partial charge in [0, 0.05) is 12.5 Å². The first kappa shape index (κ1) is 20.4. The molecule has 7 nitrogen and oxygen atoms in total. The molecule has 0 saturated carbocycles. The third-order valence-corrected chi connectivity index (χ3v) is 4.80. The molecule has 9 heteroatoms. The number of aryl methyl sites for hydroxylation is 1. The van der Waals surface area contributed by atoms with E-state index in [0.717, 1.165) is 0 Å². The second kappa shape index (κ2) is 9.24. The van der Waals surface area contributed by atoms with Gasteiger partial charge >= 0.3 is 5.97 Å². The summed E-state index contributed by atoms with van der Waals surface area (Å²) in [4.78, 5) is 36.4. The number of carbonyl (C=O) groups excluding carboxylic acids is 3. The molecule has 0 saturated heterocycles. The van der Waals surface area contributed by atoms with Gasteiger partial charge in [0.15, 0.2) is 12.4 Å². The van der Waals surface area contributed by atoms with Gasteiger partial charge < -0.3 is 10.1 Å². The number of Topliss-reactive ketones (excluding diaryl/α,β-unsaturated/α-hetero) is 1. The number of hydrogen-bond acceptors (Lipinski definition) is 6. The summed E-state index contributed by atoms with van der Waals surface area (Å²) in [5, 5.41) is 8.67. The van der Waals surface area contributed by atoms with Crippen molar-refractivity contribution in [2.24, 2.45) is 0 Å². The van der Waals surface area contributed by atoms with Crippen molar-refractivity contribution in [3.05, 3.63) is 64.2 Å². The van der Waals surface area contributed by atoms with Crippen LogP contribution in [0.1, 0.15) is 28.2 Å². The Morgan fingerprint density at radius 1 is 1.17 bits per heavy atom. The van der Waals surface area contributed by atoms with Crippen LogP contribution in [0.15, 0.2) is 47.8 Å². The number of rotatable bonds is 8. The van der Waals surface area contributed by atoms with Gasteiger partial charge in [-0.2, -0.15) is 5.10 Å². The van der Waals surface area contributed by atoms with Crippen molar-refractivity contribution in [1.29, 1.82) is 0 Å². The van der Waals surface area contributed by atoms with Crippen molar-refractivity contribution in [3.8, 4) is 5.69 Å². The average molecular weight is 415 g/mol. The van der Waals surface area contributed by atoms with E-state index in [9.17, 15) is 18.8 Å². The number of nitrogens with zero attached hydrogens (tertiary/aromatic N) is 2. The molecule has 0 aliphatic rings. The Balaban J connectivity index is 1.51. The Hall–Kier alpha value is -3.33. The maximum Gasteiger partial charge on any atom is 0.306 e. The number of aromatic nitrogens is 2. The summed E-state index contributed by atoms with van der Waals surface area (Å²) in [7, 11) is 0.